The number of hydrogen-bond acceptors (Lipinski definition) is 1. The highest BCUT2D eigenvalue weighted by molar-refractivity contribution is 5.33. The SMILES string of the molecule is C=C(C)C[C@@H](O)CC#CCCc1cccc(C)c1C. The molecule has 1 aromatic carbocycles. The summed E-state index contributed by atoms with van der Waals surface area (Å²) in [6, 6.07) is 6.40. The van der Waals surface area contributed by atoms with Crippen molar-refractivity contribution in [2.45, 2.75) is 52.6 Å². The van der Waals surface area contributed by atoms with Gasteiger partial charge in [-0.05, 0) is 50.3 Å². The molecule has 1 heteroatoms. The molecule has 1 nitrogen and oxygen atoms in total. The van der Waals surface area contributed by atoms with Gasteiger partial charge in [-0.1, -0.05) is 23.8 Å². The van der Waals surface area contributed by atoms with E-state index in [0.29, 0.717) is 12.8 Å². The van der Waals surface area contributed by atoms with Crippen molar-refractivity contribution in [3.8, 4) is 11.8 Å². The minimum absolute atomic E-state index is 0.370. The van der Waals surface area contributed by atoms with E-state index in [9.17, 15) is 5.11 Å². The standard InChI is InChI=1S/C18H24O/c1-14(2)13-18(19)12-7-5-6-10-17-11-8-9-15(3)16(17)4/h8-9,11,18-19H,1,6,10,12-13H2,2-4H3/t18-/m0/s1. The second-order valence-electron chi connectivity index (χ2n) is 5.23. The highest BCUT2D eigenvalue weighted by atomic mass is 16.3. The molecule has 19 heavy (non-hydrogen) atoms. The molecular formula is C18H24O. The Morgan fingerprint density at radius 3 is 2.74 bits per heavy atom. The maximum Gasteiger partial charge on any atom is 0.0686 e. The molecule has 0 heterocycles. The maximum absolute atomic E-state index is 9.65. The molecule has 0 amide bonds. The maximum atomic E-state index is 9.65. The van der Waals surface area contributed by atoms with Gasteiger partial charge >= 0.3 is 0 Å². The summed E-state index contributed by atoms with van der Waals surface area (Å²) in [6.45, 7) is 10.0. The highest BCUT2D eigenvalue weighted by Gasteiger charge is 2.01. The van der Waals surface area contributed by atoms with Gasteiger partial charge in [-0.25, -0.2) is 0 Å². The molecule has 0 fully saturated rings. The molecule has 1 atom stereocenters. The summed E-state index contributed by atoms with van der Waals surface area (Å²) in [5.41, 5.74) is 5.08. The number of aryl methyl sites for hydroxylation is 2. The van der Waals surface area contributed by atoms with Crippen molar-refractivity contribution >= 4 is 0 Å². The van der Waals surface area contributed by atoms with Crippen molar-refractivity contribution in [1.29, 1.82) is 0 Å². The molecule has 0 unspecified atom stereocenters. The van der Waals surface area contributed by atoms with E-state index in [0.717, 1.165) is 18.4 Å². The van der Waals surface area contributed by atoms with E-state index in [-0.39, 0.29) is 6.10 Å². The fourth-order valence-electron chi connectivity index (χ4n) is 2.03. The summed E-state index contributed by atoms with van der Waals surface area (Å²) in [7, 11) is 0. The Hall–Kier alpha value is -1.52. The first kappa shape index (κ1) is 15.5. The lowest BCUT2D eigenvalue weighted by molar-refractivity contribution is 0.180. The third-order valence-electron chi connectivity index (χ3n) is 3.28. The average Bonchev–Trinajstić information content (AvgIpc) is 2.33. The monoisotopic (exact) mass is 256 g/mol. The van der Waals surface area contributed by atoms with Gasteiger partial charge in [0, 0.05) is 12.8 Å². The molecule has 1 N–H and O–H groups in total. The summed E-state index contributed by atoms with van der Waals surface area (Å²) in [6.07, 6.45) is 2.65. The van der Waals surface area contributed by atoms with E-state index < -0.39 is 0 Å². The minimum atomic E-state index is -0.370. The van der Waals surface area contributed by atoms with Crippen molar-refractivity contribution in [3.63, 3.8) is 0 Å². The Morgan fingerprint density at radius 2 is 2.05 bits per heavy atom. The van der Waals surface area contributed by atoms with Crippen molar-refractivity contribution in [2.24, 2.45) is 0 Å². The summed E-state index contributed by atoms with van der Waals surface area (Å²) in [5.74, 6) is 6.20. The second kappa shape index (κ2) is 7.81. The van der Waals surface area contributed by atoms with Crippen LogP contribution in [0.1, 0.15) is 42.9 Å². The van der Waals surface area contributed by atoms with E-state index in [2.05, 4.69) is 50.5 Å². The molecule has 0 aliphatic carbocycles. The number of benzene rings is 1. The van der Waals surface area contributed by atoms with Crippen LogP contribution in [-0.2, 0) is 6.42 Å². The zero-order chi connectivity index (χ0) is 14.3. The first-order valence-electron chi connectivity index (χ1n) is 6.84. The van der Waals surface area contributed by atoms with E-state index in [1.165, 1.54) is 16.7 Å². The lowest BCUT2D eigenvalue weighted by Crippen LogP contribution is -2.04. The number of rotatable bonds is 5. The topological polar surface area (TPSA) is 20.2 Å². The van der Waals surface area contributed by atoms with Gasteiger partial charge in [0.15, 0.2) is 0 Å². The Kier molecular flexibility index (Phi) is 6.39. The fourth-order valence-corrected chi connectivity index (χ4v) is 2.03. The largest absolute Gasteiger partial charge is 0.392 e. The van der Waals surface area contributed by atoms with Crippen LogP contribution in [0.15, 0.2) is 30.4 Å². The first-order chi connectivity index (χ1) is 9.00. The van der Waals surface area contributed by atoms with E-state index in [1.54, 1.807) is 0 Å². The molecule has 0 bridgehead atoms. The van der Waals surface area contributed by atoms with Gasteiger partial charge in [0.05, 0.1) is 6.10 Å². The molecule has 0 radical (unpaired) electrons. The van der Waals surface area contributed by atoms with E-state index in [4.69, 9.17) is 0 Å². The number of hydrogen-bond donors (Lipinski definition) is 1. The summed E-state index contributed by atoms with van der Waals surface area (Å²) < 4.78 is 0. The van der Waals surface area contributed by atoms with Crippen LogP contribution in [0.2, 0.25) is 0 Å². The molecule has 0 saturated heterocycles. The third-order valence-corrected chi connectivity index (χ3v) is 3.28. The lowest BCUT2D eigenvalue weighted by atomic mass is 10.00. The second-order valence-corrected chi connectivity index (χ2v) is 5.23. The van der Waals surface area contributed by atoms with Crippen LogP contribution in [0.4, 0.5) is 0 Å². The molecule has 1 rings (SSSR count). The van der Waals surface area contributed by atoms with Crippen LogP contribution in [0.25, 0.3) is 0 Å². The van der Waals surface area contributed by atoms with Crippen LogP contribution in [-0.4, -0.2) is 11.2 Å². The molecule has 0 spiro atoms. The van der Waals surface area contributed by atoms with E-state index >= 15 is 0 Å². The fraction of sp³-hybridized carbons (Fsp3) is 0.444. The van der Waals surface area contributed by atoms with Gasteiger partial charge in [-0.15, -0.1) is 18.4 Å². The normalized spacial score (nSPS) is 11.6. The van der Waals surface area contributed by atoms with E-state index in [1.807, 2.05) is 6.92 Å². The van der Waals surface area contributed by atoms with Gasteiger partial charge in [-0.3, -0.25) is 0 Å². The average molecular weight is 256 g/mol. The zero-order valence-electron chi connectivity index (χ0n) is 12.3. The van der Waals surface area contributed by atoms with Crippen LogP contribution >= 0.6 is 0 Å². The predicted molar refractivity (Wildman–Crippen MR) is 82.1 cm³/mol. The Morgan fingerprint density at radius 1 is 1.32 bits per heavy atom. The van der Waals surface area contributed by atoms with Crippen LogP contribution in [0, 0.1) is 25.7 Å². The van der Waals surface area contributed by atoms with Crippen LogP contribution in [0.5, 0.6) is 0 Å². The summed E-state index contributed by atoms with van der Waals surface area (Å²) >= 11 is 0. The van der Waals surface area contributed by atoms with Crippen molar-refractivity contribution in [3.05, 3.63) is 47.0 Å². The van der Waals surface area contributed by atoms with Gasteiger partial charge < -0.3 is 5.11 Å². The Labute approximate surface area is 117 Å². The van der Waals surface area contributed by atoms with Crippen molar-refractivity contribution in [1.82, 2.24) is 0 Å². The highest BCUT2D eigenvalue weighted by Crippen LogP contribution is 2.14. The Balaban J connectivity index is 2.39. The molecular weight excluding hydrogens is 232 g/mol. The number of aliphatic hydroxyl groups excluding tert-OH is 1. The van der Waals surface area contributed by atoms with Crippen LogP contribution < -0.4 is 0 Å². The third kappa shape index (κ3) is 5.77. The predicted octanol–water partition coefficient (Wildman–Crippen LogP) is 3.96. The summed E-state index contributed by atoms with van der Waals surface area (Å²) in [5, 5.41) is 9.65. The Bertz CT molecular complexity index is 488. The van der Waals surface area contributed by atoms with Gasteiger partial charge in [0.1, 0.15) is 0 Å². The molecule has 0 aliphatic heterocycles. The van der Waals surface area contributed by atoms with Crippen molar-refractivity contribution in [2.75, 3.05) is 0 Å². The molecule has 102 valence electrons. The lowest BCUT2D eigenvalue weighted by Gasteiger charge is -2.06. The molecule has 0 aliphatic rings. The van der Waals surface area contributed by atoms with Crippen LogP contribution in [0.3, 0.4) is 0 Å². The first-order valence-corrected chi connectivity index (χ1v) is 6.84. The summed E-state index contributed by atoms with van der Waals surface area (Å²) in [4.78, 5) is 0. The van der Waals surface area contributed by atoms with Crippen molar-refractivity contribution < 1.29 is 5.11 Å². The van der Waals surface area contributed by atoms with Gasteiger partial charge in [0.2, 0.25) is 0 Å². The molecule has 0 saturated carbocycles. The molecule has 1 aromatic rings. The van der Waals surface area contributed by atoms with Gasteiger partial charge in [-0.2, -0.15) is 0 Å². The minimum Gasteiger partial charge on any atom is -0.392 e. The molecule has 0 aromatic heterocycles. The van der Waals surface area contributed by atoms with Gasteiger partial charge in [0.25, 0.3) is 0 Å². The zero-order valence-corrected chi connectivity index (χ0v) is 12.3. The quantitative estimate of drug-likeness (QED) is 0.624. The number of aliphatic hydroxyl groups is 1. The smallest absolute Gasteiger partial charge is 0.0686 e.